The van der Waals surface area contributed by atoms with Gasteiger partial charge in [-0.2, -0.15) is 0 Å². The number of carbonyl (C=O) groups excluding carboxylic acids is 1. The van der Waals surface area contributed by atoms with Crippen molar-refractivity contribution >= 4 is 62.1 Å². The number of halogens is 2. The Bertz CT molecular complexity index is 787. The third kappa shape index (κ3) is 3.80. The topological polar surface area (TPSA) is 41.5 Å². The van der Waals surface area contributed by atoms with Crippen LogP contribution in [0.1, 0.15) is 5.56 Å². The fraction of sp³-hybridized carbons (Fsp3) is 0. The van der Waals surface area contributed by atoms with E-state index in [1.165, 1.54) is 11.8 Å². The highest BCUT2D eigenvalue weighted by Crippen LogP contribution is 2.28. The van der Waals surface area contributed by atoms with Crippen molar-refractivity contribution in [3.05, 3.63) is 68.5 Å². The normalized spacial score (nSPS) is 18.0. The van der Waals surface area contributed by atoms with Gasteiger partial charge in [0.05, 0.1) is 10.6 Å². The minimum Gasteiger partial charge on any atom is -0.300 e. The molecule has 1 amide bonds. The highest BCUT2D eigenvalue weighted by Gasteiger charge is 2.23. The van der Waals surface area contributed by atoms with Crippen LogP contribution >= 0.6 is 39.3 Å². The van der Waals surface area contributed by atoms with Crippen LogP contribution in [-0.4, -0.2) is 11.1 Å². The van der Waals surface area contributed by atoms with Crippen molar-refractivity contribution < 1.29 is 4.79 Å². The van der Waals surface area contributed by atoms with Crippen LogP contribution in [0.2, 0.25) is 5.02 Å². The molecule has 1 heterocycles. The molecule has 1 N–H and O–H groups in total. The molecule has 0 aliphatic carbocycles. The molecule has 2 aromatic carbocycles. The first-order valence-electron chi connectivity index (χ1n) is 6.41. The Morgan fingerprint density at radius 3 is 2.68 bits per heavy atom. The van der Waals surface area contributed by atoms with Gasteiger partial charge >= 0.3 is 0 Å². The summed E-state index contributed by atoms with van der Waals surface area (Å²) in [6, 6.07) is 14.9. The van der Waals surface area contributed by atoms with E-state index in [4.69, 9.17) is 11.6 Å². The summed E-state index contributed by atoms with van der Waals surface area (Å²) < 4.78 is 0.987. The first-order valence-corrected chi connectivity index (χ1v) is 8.40. The molecule has 1 fully saturated rings. The van der Waals surface area contributed by atoms with Gasteiger partial charge in [-0.25, -0.2) is 4.99 Å². The second kappa shape index (κ2) is 6.69. The molecule has 0 radical (unpaired) electrons. The molecular weight excluding hydrogens is 384 g/mol. The van der Waals surface area contributed by atoms with Gasteiger partial charge in [0.25, 0.3) is 5.91 Å². The van der Waals surface area contributed by atoms with Gasteiger partial charge in [-0.3, -0.25) is 4.79 Å². The minimum absolute atomic E-state index is 0.152. The van der Waals surface area contributed by atoms with Gasteiger partial charge in [-0.1, -0.05) is 39.7 Å². The van der Waals surface area contributed by atoms with Crippen LogP contribution in [0.25, 0.3) is 6.08 Å². The van der Waals surface area contributed by atoms with Crippen molar-refractivity contribution in [2.75, 3.05) is 0 Å². The summed E-state index contributed by atoms with van der Waals surface area (Å²) >= 11 is 10.6. The van der Waals surface area contributed by atoms with E-state index in [2.05, 4.69) is 26.2 Å². The molecule has 0 atom stereocenters. The van der Waals surface area contributed by atoms with Crippen LogP contribution < -0.4 is 5.32 Å². The van der Waals surface area contributed by atoms with Crippen molar-refractivity contribution in [3.63, 3.8) is 0 Å². The number of nitrogens with zero attached hydrogens (tertiary/aromatic N) is 1. The Morgan fingerprint density at radius 1 is 1.18 bits per heavy atom. The number of amides is 1. The maximum atomic E-state index is 12.0. The molecule has 6 heteroatoms. The summed E-state index contributed by atoms with van der Waals surface area (Å²) in [5.74, 6) is -0.152. The Morgan fingerprint density at radius 2 is 1.95 bits per heavy atom. The summed E-state index contributed by atoms with van der Waals surface area (Å²) in [5.41, 5.74) is 1.67. The maximum absolute atomic E-state index is 12.0. The summed E-state index contributed by atoms with van der Waals surface area (Å²) in [4.78, 5) is 17.0. The van der Waals surface area contributed by atoms with Gasteiger partial charge in [0.2, 0.25) is 0 Å². The molecule has 3 nitrogen and oxygen atoms in total. The number of amidine groups is 1. The van der Waals surface area contributed by atoms with Crippen molar-refractivity contribution in [2.45, 2.75) is 0 Å². The second-order valence-electron chi connectivity index (χ2n) is 4.51. The SMILES string of the molecule is O=C1NC(=Nc2ccc(Br)cc2)S/C1=C/c1cccc(Cl)c1. The Kier molecular flexibility index (Phi) is 4.66. The summed E-state index contributed by atoms with van der Waals surface area (Å²) in [7, 11) is 0. The fourth-order valence-corrected chi connectivity index (χ4v) is 3.17. The molecule has 0 aromatic heterocycles. The number of hydrogen-bond acceptors (Lipinski definition) is 3. The van der Waals surface area contributed by atoms with Gasteiger partial charge in [0.15, 0.2) is 5.17 Å². The van der Waals surface area contributed by atoms with E-state index >= 15 is 0 Å². The van der Waals surface area contributed by atoms with Crippen LogP contribution in [-0.2, 0) is 4.79 Å². The van der Waals surface area contributed by atoms with Crippen LogP contribution in [0.4, 0.5) is 5.69 Å². The van der Waals surface area contributed by atoms with Gasteiger partial charge < -0.3 is 5.32 Å². The van der Waals surface area contributed by atoms with E-state index in [1.54, 1.807) is 12.1 Å². The lowest BCUT2D eigenvalue weighted by Gasteiger charge is -1.96. The van der Waals surface area contributed by atoms with E-state index < -0.39 is 0 Å². The number of rotatable bonds is 2. The van der Waals surface area contributed by atoms with E-state index in [9.17, 15) is 4.79 Å². The van der Waals surface area contributed by atoms with Crippen LogP contribution in [0.5, 0.6) is 0 Å². The van der Waals surface area contributed by atoms with Gasteiger partial charge in [0, 0.05) is 9.50 Å². The van der Waals surface area contributed by atoms with E-state index in [0.717, 1.165) is 15.7 Å². The highest BCUT2D eigenvalue weighted by atomic mass is 79.9. The molecule has 1 aliphatic heterocycles. The predicted molar refractivity (Wildman–Crippen MR) is 96.4 cm³/mol. The Labute approximate surface area is 145 Å². The lowest BCUT2D eigenvalue weighted by Crippen LogP contribution is -2.19. The summed E-state index contributed by atoms with van der Waals surface area (Å²) in [6.45, 7) is 0. The van der Waals surface area contributed by atoms with Crippen LogP contribution in [0, 0.1) is 0 Å². The minimum atomic E-state index is -0.152. The monoisotopic (exact) mass is 392 g/mol. The first kappa shape index (κ1) is 15.3. The standard InChI is InChI=1S/C16H10BrClN2OS/c17-11-4-6-13(7-5-11)19-16-20-15(21)14(22-16)9-10-2-1-3-12(18)8-10/h1-9H,(H,19,20,21)/b14-9+. The smallest absolute Gasteiger partial charge is 0.264 e. The number of hydrogen-bond donors (Lipinski definition) is 1. The third-order valence-corrected chi connectivity index (χ3v) is 4.53. The van der Waals surface area contributed by atoms with Crippen molar-refractivity contribution in [2.24, 2.45) is 4.99 Å². The number of benzene rings is 2. The summed E-state index contributed by atoms with van der Waals surface area (Å²) in [5, 5.41) is 3.97. The highest BCUT2D eigenvalue weighted by molar-refractivity contribution is 9.10. The molecule has 1 aliphatic rings. The lowest BCUT2D eigenvalue weighted by molar-refractivity contribution is -0.115. The Balaban J connectivity index is 1.82. The molecular formula is C16H10BrClN2OS. The second-order valence-corrected chi connectivity index (χ2v) is 6.90. The van der Waals surface area contributed by atoms with Gasteiger partial charge in [-0.15, -0.1) is 0 Å². The van der Waals surface area contributed by atoms with Crippen LogP contribution in [0.15, 0.2) is 62.9 Å². The molecule has 0 unspecified atom stereocenters. The zero-order valence-electron chi connectivity index (χ0n) is 11.2. The lowest BCUT2D eigenvalue weighted by atomic mass is 10.2. The van der Waals surface area contributed by atoms with E-state index in [-0.39, 0.29) is 5.91 Å². The molecule has 110 valence electrons. The van der Waals surface area contributed by atoms with Gasteiger partial charge in [0.1, 0.15) is 0 Å². The number of thioether (sulfide) groups is 1. The maximum Gasteiger partial charge on any atom is 0.264 e. The average Bonchev–Trinajstić information content (AvgIpc) is 2.81. The molecule has 22 heavy (non-hydrogen) atoms. The fourth-order valence-electron chi connectivity index (χ4n) is 1.86. The van der Waals surface area contributed by atoms with Gasteiger partial charge in [-0.05, 0) is 59.8 Å². The molecule has 2 aromatic rings. The first-order chi connectivity index (χ1) is 10.6. The zero-order chi connectivity index (χ0) is 15.5. The van der Waals surface area contributed by atoms with E-state index in [1.807, 2.05) is 42.5 Å². The van der Waals surface area contributed by atoms with Crippen molar-refractivity contribution in [1.29, 1.82) is 0 Å². The molecule has 0 spiro atoms. The predicted octanol–water partition coefficient (Wildman–Crippen LogP) is 4.99. The summed E-state index contributed by atoms with van der Waals surface area (Å²) in [6.07, 6.45) is 1.80. The Hall–Kier alpha value is -1.56. The average molecular weight is 394 g/mol. The molecule has 3 rings (SSSR count). The molecule has 0 bridgehead atoms. The van der Waals surface area contributed by atoms with E-state index in [0.29, 0.717) is 15.1 Å². The number of aliphatic imine (C=N–C) groups is 1. The zero-order valence-corrected chi connectivity index (χ0v) is 14.4. The van der Waals surface area contributed by atoms with Crippen molar-refractivity contribution in [3.8, 4) is 0 Å². The third-order valence-electron chi connectivity index (χ3n) is 2.85. The van der Waals surface area contributed by atoms with Crippen LogP contribution in [0.3, 0.4) is 0 Å². The number of nitrogens with one attached hydrogen (secondary N) is 1. The number of carbonyl (C=O) groups is 1. The molecule has 1 saturated heterocycles. The van der Waals surface area contributed by atoms with Crippen molar-refractivity contribution in [1.82, 2.24) is 5.32 Å². The largest absolute Gasteiger partial charge is 0.300 e. The quantitative estimate of drug-likeness (QED) is 0.730. The molecule has 0 saturated carbocycles.